The number of amides is 2. The molecule has 1 aromatic heterocycles. The number of allylic oxidation sites excluding steroid dienone is 1. The third-order valence-electron chi connectivity index (χ3n) is 4.72. The highest BCUT2D eigenvalue weighted by Gasteiger charge is 2.47. The first-order valence-corrected chi connectivity index (χ1v) is 9.73. The number of halogens is 4. The van der Waals surface area contributed by atoms with Crippen molar-refractivity contribution in [3.8, 4) is 23.6 Å². The van der Waals surface area contributed by atoms with Crippen LogP contribution in [0.3, 0.4) is 0 Å². The van der Waals surface area contributed by atoms with E-state index in [1.807, 2.05) is 0 Å². The molecule has 2 heterocycles. The molecule has 0 saturated heterocycles. The lowest BCUT2D eigenvalue weighted by Gasteiger charge is -2.34. The molecule has 32 heavy (non-hydrogen) atoms. The van der Waals surface area contributed by atoms with Gasteiger partial charge in [0.25, 0.3) is 0 Å². The van der Waals surface area contributed by atoms with E-state index in [2.05, 4.69) is 27.0 Å². The van der Waals surface area contributed by atoms with Gasteiger partial charge >= 0.3 is 12.0 Å². The number of hydrogen-bond donors (Lipinski definition) is 2. The second-order valence-electron chi connectivity index (χ2n) is 7.01. The van der Waals surface area contributed by atoms with Crippen LogP contribution in [0.1, 0.15) is 24.5 Å². The molecule has 164 valence electrons. The zero-order chi connectivity index (χ0) is 23.2. The van der Waals surface area contributed by atoms with Gasteiger partial charge in [0.05, 0.1) is 33.3 Å². The van der Waals surface area contributed by atoms with Crippen LogP contribution in [0.15, 0.2) is 35.7 Å². The summed E-state index contributed by atoms with van der Waals surface area (Å²) >= 11 is 12.5. The molecular formula is C19H12Cl2F2N6O3. The number of rotatable bonds is 4. The summed E-state index contributed by atoms with van der Waals surface area (Å²) in [5.41, 5.74) is 0.113. The summed E-state index contributed by atoms with van der Waals surface area (Å²) in [5.74, 6) is -3.83. The van der Waals surface area contributed by atoms with E-state index in [0.29, 0.717) is 0 Å². The van der Waals surface area contributed by atoms with Gasteiger partial charge in [-0.3, -0.25) is 0 Å². The number of ether oxygens (including phenoxy) is 1. The minimum absolute atomic E-state index is 0.0355. The van der Waals surface area contributed by atoms with Gasteiger partial charge in [-0.1, -0.05) is 29.8 Å². The number of hydrazone groups is 1. The first-order chi connectivity index (χ1) is 15.1. The third-order valence-corrected chi connectivity index (χ3v) is 5.28. The van der Waals surface area contributed by atoms with Crippen molar-refractivity contribution in [2.24, 2.45) is 5.10 Å². The smallest absolute Gasteiger partial charge is 0.347 e. The molecule has 0 unspecified atom stereocenters. The fourth-order valence-corrected chi connectivity index (χ4v) is 3.70. The average molecular weight is 481 g/mol. The van der Waals surface area contributed by atoms with Gasteiger partial charge in [0.1, 0.15) is 6.07 Å². The van der Waals surface area contributed by atoms with E-state index in [-0.39, 0.29) is 50.3 Å². The van der Waals surface area contributed by atoms with Gasteiger partial charge in [-0.25, -0.2) is 13.6 Å². The van der Waals surface area contributed by atoms with Crippen LogP contribution < -0.4 is 15.1 Å². The topological polar surface area (TPSA) is 124 Å². The summed E-state index contributed by atoms with van der Waals surface area (Å²) in [6.45, 7) is 3.53. The number of nitrogens with zero attached hydrogens (tertiary/aromatic N) is 5. The van der Waals surface area contributed by atoms with Gasteiger partial charge in [0.2, 0.25) is 5.92 Å². The number of carbonyl (C=O) groups excluding carboxylic acids is 1. The van der Waals surface area contributed by atoms with Gasteiger partial charge in [0.15, 0.2) is 17.2 Å². The number of carbonyl (C=O) groups is 1. The summed E-state index contributed by atoms with van der Waals surface area (Å²) in [4.78, 5) is 20.0. The van der Waals surface area contributed by atoms with Gasteiger partial charge in [-0.2, -0.15) is 25.3 Å². The normalized spacial score (nSPS) is 17.8. The SMILES string of the molecule is C=C1NC(=O)N(c2cc(Cl)c(Oc3ncc(O)c(C4CC(F)(F)C4)n3)c(Cl)c2)N=C1C#N. The maximum absolute atomic E-state index is 13.2. The highest BCUT2D eigenvalue weighted by atomic mass is 35.5. The van der Waals surface area contributed by atoms with Crippen LogP contribution in [-0.4, -0.2) is 32.7 Å². The second kappa shape index (κ2) is 7.89. The van der Waals surface area contributed by atoms with Crippen molar-refractivity contribution in [2.45, 2.75) is 24.7 Å². The molecule has 13 heteroatoms. The van der Waals surface area contributed by atoms with Crippen LogP contribution >= 0.6 is 23.2 Å². The van der Waals surface area contributed by atoms with E-state index < -0.39 is 30.7 Å². The van der Waals surface area contributed by atoms with Gasteiger partial charge < -0.3 is 15.2 Å². The Balaban J connectivity index is 1.62. The number of hydrogen-bond acceptors (Lipinski definition) is 7. The molecule has 0 radical (unpaired) electrons. The average Bonchev–Trinajstić information content (AvgIpc) is 2.70. The molecule has 9 nitrogen and oxygen atoms in total. The van der Waals surface area contributed by atoms with Crippen LogP contribution in [-0.2, 0) is 0 Å². The zero-order valence-corrected chi connectivity index (χ0v) is 17.5. The molecule has 0 spiro atoms. The van der Waals surface area contributed by atoms with Crippen molar-refractivity contribution in [3.05, 3.63) is 46.3 Å². The first-order valence-electron chi connectivity index (χ1n) is 8.97. The molecule has 1 aromatic carbocycles. The van der Waals surface area contributed by atoms with Crippen LogP contribution in [0.25, 0.3) is 0 Å². The summed E-state index contributed by atoms with van der Waals surface area (Å²) in [5, 5.41) is 26.1. The van der Waals surface area contributed by atoms with E-state index in [1.165, 1.54) is 12.1 Å². The standard InChI is InChI=1S/C19H12Cl2F2N6O3/c1-8-13(6-24)28-29(18(31)26-8)10-2-11(20)16(12(21)3-10)32-17-25-7-14(30)15(27-17)9-4-19(22,23)5-9/h2-3,7,9,30H,1,4-5H2,(H,26,31). The Bertz CT molecular complexity index is 1200. The zero-order valence-electron chi connectivity index (χ0n) is 15.9. The van der Waals surface area contributed by atoms with Crippen molar-refractivity contribution in [1.29, 1.82) is 5.26 Å². The van der Waals surface area contributed by atoms with Crippen LogP contribution in [0, 0.1) is 11.3 Å². The van der Waals surface area contributed by atoms with Crippen molar-refractivity contribution >= 4 is 40.6 Å². The maximum atomic E-state index is 13.2. The van der Waals surface area contributed by atoms with Crippen LogP contribution in [0.2, 0.25) is 10.0 Å². The fraction of sp³-hybridized carbons (Fsp3) is 0.211. The maximum Gasteiger partial charge on any atom is 0.347 e. The highest BCUT2D eigenvalue weighted by Crippen LogP contribution is 2.50. The summed E-state index contributed by atoms with van der Waals surface area (Å²) in [7, 11) is 0. The number of urea groups is 1. The Morgan fingerprint density at radius 2 is 2.00 bits per heavy atom. The predicted octanol–water partition coefficient (Wildman–Crippen LogP) is 4.72. The predicted molar refractivity (Wildman–Crippen MR) is 110 cm³/mol. The Morgan fingerprint density at radius 3 is 2.59 bits per heavy atom. The van der Waals surface area contributed by atoms with Gasteiger partial charge in [0, 0.05) is 18.8 Å². The monoisotopic (exact) mass is 480 g/mol. The molecule has 0 bridgehead atoms. The van der Waals surface area contributed by atoms with Crippen molar-refractivity contribution in [3.63, 3.8) is 0 Å². The van der Waals surface area contributed by atoms with Gasteiger partial charge in [-0.15, -0.1) is 0 Å². The lowest BCUT2D eigenvalue weighted by Crippen LogP contribution is -2.42. The minimum Gasteiger partial charge on any atom is -0.504 e. The number of alkyl halides is 2. The first kappa shape index (κ1) is 21.7. The number of nitriles is 1. The molecule has 1 aliphatic heterocycles. The molecule has 1 aliphatic carbocycles. The van der Waals surface area contributed by atoms with E-state index in [9.17, 15) is 18.7 Å². The number of anilines is 1. The fourth-order valence-electron chi connectivity index (χ4n) is 3.15. The van der Waals surface area contributed by atoms with E-state index in [4.69, 9.17) is 33.2 Å². The second-order valence-corrected chi connectivity index (χ2v) is 7.82. The van der Waals surface area contributed by atoms with Crippen LogP contribution in [0.4, 0.5) is 19.3 Å². The van der Waals surface area contributed by atoms with Crippen molar-refractivity contribution < 1.29 is 23.4 Å². The summed E-state index contributed by atoms with van der Waals surface area (Å²) in [6, 6.07) is 3.47. The number of benzene rings is 1. The third kappa shape index (κ3) is 4.02. The van der Waals surface area contributed by atoms with E-state index in [0.717, 1.165) is 11.2 Å². The summed E-state index contributed by atoms with van der Waals surface area (Å²) in [6.07, 6.45) is 0.152. The Hall–Kier alpha value is -3.49. The Labute approximate surface area is 189 Å². The number of nitrogens with one attached hydrogen (secondary N) is 1. The van der Waals surface area contributed by atoms with Crippen molar-refractivity contribution in [1.82, 2.24) is 15.3 Å². The van der Waals surface area contributed by atoms with Crippen molar-refractivity contribution in [2.75, 3.05) is 5.01 Å². The molecule has 1 saturated carbocycles. The molecule has 1 fully saturated rings. The molecular weight excluding hydrogens is 469 g/mol. The summed E-state index contributed by atoms with van der Waals surface area (Å²) < 4.78 is 31.9. The Morgan fingerprint density at radius 1 is 1.34 bits per heavy atom. The van der Waals surface area contributed by atoms with E-state index in [1.54, 1.807) is 6.07 Å². The molecule has 2 aliphatic rings. The quantitative estimate of drug-likeness (QED) is 0.652. The van der Waals surface area contributed by atoms with Gasteiger partial charge in [-0.05, 0) is 12.1 Å². The lowest BCUT2D eigenvalue weighted by atomic mass is 9.79. The Kier molecular flexibility index (Phi) is 5.36. The molecule has 2 aromatic rings. The largest absolute Gasteiger partial charge is 0.504 e. The number of aromatic nitrogens is 2. The molecule has 2 amide bonds. The minimum atomic E-state index is -2.80. The van der Waals surface area contributed by atoms with Crippen LogP contribution in [0.5, 0.6) is 17.5 Å². The van der Waals surface area contributed by atoms with E-state index >= 15 is 0 Å². The number of aromatic hydroxyl groups is 1. The molecule has 2 N–H and O–H groups in total. The molecule has 4 rings (SSSR count). The molecule has 0 atom stereocenters. The lowest BCUT2D eigenvalue weighted by molar-refractivity contribution is -0.0880. The highest BCUT2D eigenvalue weighted by molar-refractivity contribution is 6.37.